The number of ether oxygens (including phenoxy) is 1. The standard InChI is InChI=1S/C29H26ClF2N3O/c1-17-11-19(15-33)12-18(2)28(17)36-16-27(20-5-3-4-6-20)35-26-14-24(32)23(31)13-25(26)34-29(35)21-7-9-22(30)10-8-21/h7-14,20,27H,3-6,16H2,1-2H3. The van der Waals surface area contributed by atoms with E-state index in [4.69, 9.17) is 21.3 Å². The van der Waals surface area contributed by atoms with Gasteiger partial charge in [-0.25, -0.2) is 13.8 Å². The van der Waals surface area contributed by atoms with Crippen molar-refractivity contribution in [2.24, 2.45) is 5.92 Å². The van der Waals surface area contributed by atoms with Crippen LogP contribution in [0, 0.1) is 42.7 Å². The van der Waals surface area contributed by atoms with Crippen molar-refractivity contribution in [3.63, 3.8) is 0 Å². The second-order valence-corrected chi connectivity index (χ2v) is 9.98. The molecule has 184 valence electrons. The van der Waals surface area contributed by atoms with E-state index >= 15 is 0 Å². The summed E-state index contributed by atoms with van der Waals surface area (Å²) < 4.78 is 37.1. The molecule has 7 heteroatoms. The Morgan fingerprint density at radius 1 is 1.06 bits per heavy atom. The number of hydrogen-bond acceptors (Lipinski definition) is 3. The van der Waals surface area contributed by atoms with Crippen molar-refractivity contribution in [3.05, 3.63) is 81.9 Å². The highest BCUT2D eigenvalue weighted by Crippen LogP contribution is 2.40. The Bertz CT molecular complexity index is 1440. The molecule has 0 aliphatic heterocycles. The van der Waals surface area contributed by atoms with Gasteiger partial charge in [0, 0.05) is 22.7 Å². The number of nitriles is 1. The lowest BCUT2D eigenvalue weighted by Gasteiger charge is -2.28. The molecule has 4 nitrogen and oxygen atoms in total. The van der Waals surface area contributed by atoms with Crippen molar-refractivity contribution in [3.8, 4) is 23.2 Å². The Morgan fingerprint density at radius 3 is 2.33 bits per heavy atom. The summed E-state index contributed by atoms with van der Waals surface area (Å²) in [5.41, 5.74) is 4.11. The highest BCUT2D eigenvalue weighted by atomic mass is 35.5. The van der Waals surface area contributed by atoms with Crippen LogP contribution in [-0.4, -0.2) is 16.2 Å². The van der Waals surface area contributed by atoms with Crippen LogP contribution in [0.1, 0.15) is 48.4 Å². The van der Waals surface area contributed by atoms with E-state index in [0.29, 0.717) is 40.0 Å². The van der Waals surface area contributed by atoms with Gasteiger partial charge in [0.15, 0.2) is 11.6 Å². The minimum Gasteiger partial charge on any atom is -0.491 e. The van der Waals surface area contributed by atoms with Crippen LogP contribution < -0.4 is 4.74 Å². The van der Waals surface area contributed by atoms with Crippen molar-refractivity contribution in [1.29, 1.82) is 5.26 Å². The largest absolute Gasteiger partial charge is 0.491 e. The summed E-state index contributed by atoms with van der Waals surface area (Å²) in [6.07, 6.45) is 4.26. The van der Waals surface area contributed by atoms with Crippen LogP contribution in [0.15, 0.2) is 48.5 Å². The number of hydrogen-bond donors (Lipinski definition) is 0. The summed E-state index contributed by atoms with van der Waals surface area (Å²) in [5.74, 6) is -0.170. The van der Waals surface area contributed by atoms with Crippen molar-refractivity contribution in [2.75, 3.05) is 6.61 Å². The van der Waals surface area contributed by atoms with E-state index < -0.39 is 11.6 Å². The minimum atomic E-state index is -0.924. The fourth-order valence-electron chi connectivity index (χ4n) is 5.40. The molecule has 1 aromatic heterocycles. The third kappa shape index (κ3) is 4.56. The number of nitrogens with zero attached hydrogens (tertiary/aromatic N) is 3. The molecule has 0 N–H and O–H groups in total. The van der Waals surface area contributed by atoms with Gasteiger partial charge in [0.05, 0.1) is 28.7 Å². The van der Waals surface area contributed by atoms with Gasteiger partial charge in [-0.2, -0.15) is 5.26 Å². The maximum absolute atomic E-state index is 14.5. The highest BCUT2D eigenvalue weighted by Gasteiger charge is 2.31. The van der Waals surface area contributed by atoms with E-state index in [1.54, 1.807) is 12.1 Å². The summed E-state index contributed by atoms with van der Waals surface area (Å²) >= 11 is 6.13. The Morgan fingerprint density at radius 2 is 1.69 bits per heavy atom. The van der Waals surface area contributed by atoms with Crippen LogP contribution in [-0.2, 0) is 0 Å². The Balaban J connectivity index is 1.64. The van der Waals surface area contributed by atoms with Crippen LogP contribution >= 0.6 is 11.6 Å². The van der Waals surface area contributed by atoms with Gasteiger partial charge < -0.3 is 9.30 Å². The van der Waals surface area contributed by atoms with Gasteiger partial charge in [-0.15, -0.1) is 0 Å². The fraction of sp³-hybridized carbons (Fsp3) is 0.310. The molecule has 0 amide bonds. The fourth-order valence-corrected chi connectivity index (χ4v) is 5.53. The predicted molar refractivity (Wildman–Crippen MR) is 137 cm³/mol. The Labute approximate surface area is 214 Å². The van der Waals surface area contributed by atoms with Crippen LogP contribution in [0.5, 0.6) is 5.75 Å². The van der Waals surface area contributed by atoms with Gasteiger partial charge >= 0.3 is 0 Å². The molecule has 1 aliphatic carbocycles. The minimum absolute atomic E-state index is 0.150. The molecule has 0 bridgehead atoms. The van der Waals surface area contributed by atoms with E-state index in [1.807, 2.05) is 42.7 Å². The number of benzene rings is 3. The summed E-state index contributed by atoms with van der Waals surface area (Å²) in [7, 11) is 0. The lowest BCUT2D eigenvalue weighted by atomic mass is 9.97. The maximum atomic E-state index is 14.5. The first-order chi connectivity index (χ1) is 17.4. The molecule has 1 saturated carbocycles. The second-order valence-electron chi connectivity index (χ2n) is 9.54. The number of rotatable bonds is 6. The lowest BCUT2D eigenvalue weighted by molar-refractivity contribution is 0.200. The van der Waals surface area contributed by atoms with E-state index in [0.717, 1.165) is 54.2 Å². The number of halogens is 3. The molecule has 1 heterocycles. The van der Waals surface area contributed by atoms with Crippen LogP contribution in [0.4, 0.5) is 8.78 Å². The Hall–Kier alpha value is -3.43. The molecule has 0 spiro atoms. The first-order valence-corrected chi connectivity index (χ1v) is 12.5. The second kappa shape index (κ2) is 9.91. The number of imidazole rings is 1. The number of aryl methyl sites for hydroxylation is 2. The predicted octanol–water partition coefficient (Wildman–Crippen LogP) is 7.93. The zero-order valence-corrected chi connectivity index (χ0v) is 20.9. The molecule has 1 unspecified atom stereocenters. The topological polar surface area (TPSA) is 50.8 Å². The van der Waals surface area contributed by atoms with Crippen molar-refractivity contribution >= 4 is 22.6 Å². The van der Waals surface area contributed by atoms with Crippen molar-refractivity contribution < 1.29 is 13.5 Å². The Kier molecular flexibility index (Phi) is 6.68. The lowest BCUT2D eigenvalue weighted by Crippen LogP contribution is -2.25. The first-order valence-electron chi connectivity index (χ1n) is 12.1. The molecule has 1 aliphatic rings. The zero-order chi connectivity index (χ0) is 25.4. The molecule has 0 saturated heterocycles. The van der Waals surface area contributed by atoms with Gasteiger partial charge in [-0.3, -0.25) is 0 Å². The van der Waals surface area contributed by atoms with Crippen molar-refractivity contribution in [1.82, 2.24) is 9.55 Å². The summed E-state index contributed by atoms with van der Waals surface area (Å²) in [4.78, 5) is 4.74. The zero-order valence-electron chi connectivity index (χ0n) is 20.2. The van der Waals surface area contributed by atoms with Gasteiger partial charge in [-0.05, 0) is 80.1 Å². The van der Waals surface area contributed by atoms with Gasteiger partial charge in [0.25, 0.3) is 0 Å². The van der Waals surface area contributed by atoms with Gasteiger partial charge in [0.2, 0.25) is 0 Å². The maximum Gasteiger partial charge on any atom is 0.161 e. The molecular formula is C29H26ClF2N3O. The first kappa shape index (κ1) is 24.3. The molecule has 5 rings (SSSR count). The van der Waals surface area contributed by atoms with E-state index in [9.17, 15) is 14.0 Å². The SMILES string of the molecule is Cc1cc(C#N)cc(C)c1OCC(C1CCCC1)n1c(-c2ccc(Cl)cc2)nc2cc(F)c(F)cc21. The summed E-state index contributed by atoms with van der Waals surface area (Å²) in [6, 6.07) is 15.4. The smallest absolute Gasteiger partial charge is 0.161 e. The third-order valence-corrected chi connectivity index (χ3v) is 7.35. The average molecular weight is 506 g/mol. The quantitative estimate of drug-likeness (QED) is 0.267. The molecule has 1 fully saturated rings. The van der Waals surface area contributed by atoms with Gasteiger partial charge in [0.1, 0.15) is 18.2 Å². The van der Waals surface area contributed by atoms with E-state index in [1.165, 1.54) is 6.07 Å². The molecule has 4 aromatic rings. The number of aromatic nitrogens is 2. The van der Waals surface area contributed by atoms with Crippen LogP contribution in [0.2, 0.25) is 5.02 Å². The van der Waals surface area contributed by atoms with Gasteiger partial charge in [-0.1, -0.05) is 24.4 Å². The van der Waals surface area contributed by atoms with E-state index in [-0.39, 0.29) is 6.04 Å². The molecule has 1 atom stereocenters. The van der Waals surface area contributed by atoms with Crippen LogP contribution in [0.25, 0.3) is 22.4 Å². The molecule has 36 heavy (non-hydrogen) atoms. The van der Waals surface area contributed by atoms with E-state index in [2.05, 4.69) is 6.07 Å². The molecule has 3 aromatic carbocycles. The molecular weight excluding hydrogens is 480 g/mol. The third-order valence-electron chi connectivity index (χ3n) is 7.10. The summed E-state index contributed by atoms with van der Waals surface area (Å²) in [5, 5.41) is 9.89. The average Bonchev–Trinajstić information content (AvgIpc) is 3.50. The van der Waals surface area contributed by atoms with Crippen molar-refractivity contribution in [2.45, 2.75) is 45.6 Å². The summed E-state index contributed by atoms with van der Waals surface area (Å²) in [6.45, 7) is 4.19. The highest BCUT2D eigenvalue weighted by molar-refractivity contribution is 6.30. The molecule has 0 radical (unpaired) electrons. The normalized spacial score (nSPS) is 14.8. The van der Waals surface area contributed by atoms with Crippen LogP contribution in [0.3, 0.4) is 0 Å². The number of fused-ring (bicyclic) bond motifs is 1. The monoisotopic (exact) mass is 505 g/mol.